The predicted molar refractivity (Wildman–Crippen MR) is 70.0 cm³/mol. The maximum atomic E-state index is 13.0. The van der Waals surface area contributed by atoms with E-state index < -0.39 is 0 Å². The van der Waals surface area contributed by atoms with E-state index in [0.717, 1.165) is 18.5 Å². The minimum absolute atomic E-state index is 0.339. The van der Waals surface area contributed by atoms with Crippen molar-refractivity contribution in [3.8, 4) is 0 Å². The molecule has 0 aliphatic rings. The van der Waals surface area contributed by atoms with Crippen LogP contribution < -0.4 is 5.73 Å². The van der Waals surface area contributed by atoms with Gasteiger partial charge in [-0.2, -0.15) is 5.10 Å². The molecule has 5 heteroatoms. The number of aromatic nitrogens is 2. The van der Waals surface area contributed by atoms with E-state index in [1.807, 2.05) is 10.9 Å². The normalized spacial score (nSPS) is 12.7. The molecule has 1 atom stereocenters. The second-order valence-corrected chi connectivity index (χ2v) is 4.59. The molecule has 96 valence electrons. The molecule has 3 nitrogen and oxygen atoms in total. The Morgan fingerprint density at radius 1 is 1.50 bits per heavy atom. The molecule has 18 heavy (non-hydrogen) atoms. The van der Waals surface area contributed by atoms with Gasteiger partial charge in [-0.1, -0.05) is 24.6 Å². The molecule has 0 aliphatic carbocycles. The molecule has 2 N–H and O–H groups in total. The van der Waals surface area contributed by atoms with E-state index >= 15 is 0 Å². The van der Waals surface area contributed by atoms with Gasteiger partial charge in [0, 0.05) is 23.3 Å². The molecule has 2 aromatic rings. The highest BCUT2D eigenvalue weighted by Crippen LogP contribution is 2.26. The topological polar surface area (TPSA) is 43.8 Å². The van der Waals surface area contributed by atoms with Crippen LogP contribution in [0.25, 0.3) is 0 Å². The monoisotopic (exact) mass is 267 g/mol. The SMILES string of the molecule is CCCn1cc(C(N)c2ccc(F)cc2Cl)cn1. The van der Waals surface area contributed by atoms with Crippen LogP contribution in [0.2, 0.25) is 5.02 Å². The first-order valence-corrected chi connectivity index (χ1v) is 6.22. The summed E-state index contributed by atoms with van der Waals surface area (Å²) in [5.41, 5.74) is 7.69. The summed E-state index contributed by atoms with van der Waals surface area (Å²) in [6, 6.07) is 3.85. The summed E-state index contributed by atoms with van der Waals surface area (Å²) in [6.07, 6.45) is 4.63. The summed E-state index contributed by atoms with van der Waals surface area (Å²) in [7, 11) is 0. The summed E-state index contributed by atoms with van der Waals surface area (Å²) in [6.45, 7) is 2.93. The van der Waals surface area contributed by atoms with Crippen LogP contribution in [0.4, 0.5) is 4.39 Å². The van der Waals surface area contributed by atoms with E-state index in [4.69, 9.17) is 17.3 Å². The Bertz CT molecular complexity index is 539. The number of aryl methyl sites for hydroxylation is 1. The molecule has 0 saturated heterocycles. The van der Waals surface area contributed by atoms with Gasteiger partial charge in [0.15, 0.2) is 0 Å². The molecule has 1 heterocycles. The van der Waals surface area contributed by atoms with Crippen molar-refractivity contribution in [2.24, 2.45) is 5.73 Å². The molecular weight excluding hydrogens is 253 g/mol. The number of rotatable bonds is 4. The van der Waals surface area contributed by atoms with Crippen molar-refractivity contribution in [2.75, 3.05) is 0 Å². The highest BCUT2D eigenvalue weighted by Gasteiger charge is 2.14. The average molecular weight is 268 g/mol. The Labute approximate surface area is 110 Å². The molecule has 1 aromatic carbocycles. The van der Waals surface area contributed by atoms with Crippen molar-refractivity contribution in [3.63, 3.8) is 0 Å². The fourth-order valence-electron chi connectivity index (χ4n) is 1.82. The number of nitrogens with two attached hydrogens (primary N) is 1. The highest BCUT2D eigenvalue weighted by atomic mass is 35.5. The summed E-state index contributed by atoms with van der Waals surface area (Å²) < 4.78 is 14.8. The highest BCUT2D eigenvalue weighted by molar-refractivity contribution is 6.31. The zero-order valence-corrected chi connectivity index (χ0v) is 10.9. The van der Waals surface area contributed by atoms with E-state index in [0.29, 0.717) is 10.6 Å². The Hall–Kier alpha value is -1.39. The molecular formula is C13H15ClFN3. The van der Waals surface area contributed by atoms with E-state index in [2.05, 4.69) is 12.0 Å². The van der Waals surface area contributed by atoms with Crippen molar-refractivity contribution < 1.29 is 4.39 Å². The number of halogens is 2. The predicted octanol–water partition coefficient (Wildman–Crippen LogP) is 3.13. The van der Waals surface area contributed by atoms with Crippen LogP contribution in [0.1, 0.15) is 30.5 Å². The summed E-state index contributed by atoms with van der Waals surface area (Å²) in [5, 5.41) is 4.56. The van der Waals surface area contributed by atoms with Crippen molar-refractivity contribution in [2.45, 2.75) is 25.9 Å². The van der Waals surface area contributed by atoms with Crippen LogP contribution >= 0.6 is 11.6 Å². The minimum atomic E-state index is -0.385. The number of benzene rings is 1. The summed E-state index contributed by atoms with van der Waals surface area (Å²) >= 11 is 6.00. The summed E-state index contributed by atoms with van der Waals surface area (Å²) in [5.74, 6) is -0.363. The van der Waals surface area contributed by atoms with Gasteiger partial charge in [-0.15, -0.1) is 0 Å². The van der Waals surface area contributed by atoms with Gasteiger partial charge in [0.05, 0.1) is 12.2 Å². The van der Waals surface area contributed by atoms with Crippen LogP contribution in [-0.4, -0.2) is 9.78 Å². The second-order valence-electron chi connectivity index (χ2n) is 4.18. The molecule has 1 unspecified atom stereocenters. The zero-order chi connectivity index (χ0) is 13.1. The zero-order valence-electron chi connectivity index (χ0n) is 10.1. The maximum Gasteiger partial charge on any atom is 0.124 e. The largest absolute Gasteiger partial charge is 0.320 e. The van der Waals surface area contributed by atoms with Crippen molar-refractivity contribution in [1.82, 2.24) is 9.78 Å². The first kappa shape index (κ1) is 13.1. The lowest BCUT2D eigenvalue weighted by atomic mass is 10.0. The van der Waals surface area contributed by atoms with Crippen LogP contribution in [-0.2, 0) is 6.54 Å². The van der Waals surface area contributed by atoms with Gasteiger partial charge in [0.2, 0.25) is 0 Å². The fraction of sp³-hybridized carbons (Fsp3) is 0.308. The van der Waals surface area contributed by atoms with Crippen LogP contribution in [0, 0.1) is 5.82 Å². The smallest absolute Gasteiger partial charge is 0.124 e. The van der Waals surface area contributed by atoms with Gasteiger partial charge in [-0.05, 0) is 24.1 Å². The van der Waals surface area contributed by atoms with Crippen LogP contribution in [0.5, 0.6) is 0 Å². The van der Waals surface area contributed by atoms with E-state index in [1.54, 1.807) is 12.3 Å². The lowest BCUT2D eigenvalue weighted by Crippen LogP contribution is -2.12. The Morgan fingerprint density at radius 2 is 2.28 bits per heavy atom. The van der Waals surface area contributed by atoms with Gasteiger partial charge < -0.3 is 5.73 Å². The second kappa shape index (κ2) is 5.50. The Balaban J connectivity index is 2.26. The van der Waals surface area contributed by atoms with Crippen LogP contribution in [0.3, 0.4) is 0 Å². The molecule has 0 aliphatic heterocycles. The number of hydrogen-bond acceptors (Lipinski definition) is 2. The van der Waals surface area contributed by atoms with Gasteiger partial charge in [0.25, 0.3) is 0 Å². The lowest BCUT2D eigenvalue weighted by molar-refractivity contribution is 0.601. The maximum absolute atomic E-state index is 13.0. The molecule has 0 radical (unpaired) electrons. The van der Waals surface area contributed by atoms with Crippen LogP contribution in [0.15, 0.2) is 30.6 Å². The van der Waals surface area contributed by atoms with Gasteiger partial charge in [-0.3, -0.25) is 4.68 Å². The van der Waals surface area contributed by atoms with Gasteiger partial charge in [0.1, 0.15) is 5.82 Å². The van der Waals surface area contributed by atoms with Gasteiger partial charge in [-0.25, -0.2) is 4.39 Å². The standard InChI is InChI=1S/C13H15ClFN3/c1-2-5-18-8-9(7-17-18)13(16)11-4-3-10(15)6-12(11)14/h3-4,6-8,13H,2,5,16H2,1H3. The molecule has 0 amide bonds. The van der Waals surface area contributed by atoms with Gasteiger partial charge >= 0.3 is 0 Å². The average Bonchev–Trinajstić information content (AvgIpc) is 2.77. The molecule has 0 fully saturated rings. The first-order valence-electron chi connectivity index (χ1n) is 5.84. The van der Waals surface area contributed by atoms with E-state index in [-0.39, 0.29) is 11.9 Å². The molecule has 0 spiro atoms. The molecule has 0 saturated carbocycles. The quantitative estimate of drug-likeness (QED) is 0.925. The minimum Gasteiger partial charge on any atom is -0.320 e. The van der Waals surface area contributed by atoms with Crippen molar-refractivity contribution >= 4 is 11.6 Å². The molecule has 0 bridgehead atoms. The van der Waals surface area contributed by atoms with Crippen molar-refractivity contribution in [3.05, 3.63) is 52.6 Å². The first-order chi connectivity index (χ1) is 8.61. The Kier molecular flexibility index (Phi) is 3.99. The fourth-order valence-corrected chi connectivity index (χ4v) is 2.11. The number of nitrogens with zero attached hydrogens (tertiary/aromatic N) is 2. The van der Waals surface area contributed by atoms with Crippen molar-refractivity contribution in [1.29, 1.82) is 0 Å². The number of hydrogen-bond donors (Lipinski definition) is 1. The third-order valence-corrected chi connectivity index (χ3v) is 3.09. The van der Waals surface area contributed by atoms with E-state index in [1.165, 1.54) is 12.1 Å². The van der Waals surface area contributed by atoms with E-state index in [9.17, 15) is 4.39 Å². The summed E-state index contributed by atoms with van der Waals surface area (Å²) in [4.78, 5) is 0. The third kappa shape index (κ3) is 2.71. The third-order valence-electron chi connectivity index (χ3n) is 2.76. The lowest BCUT2D eigenvalue weighted by Gasteiger charge is -2.11. The molecule has 1 aromatic heterocycles. The Morgan fingerprint density at radius 3 is 2.94 bits per heavy atom. The molecule has 2 rings (SSSR count).